The molecule has 0 aromatic rings. The highest BCUT2D eigenvalue weighted by atomic mass is 17.2. The van der Waals surface area contributed by atoms with Crippen LogP contribution in [0.15, 0.2) is 0 Å². The van der Waals surface area contributed by atoms with Gasteiger partial charge in [-0.05, 0) is 38.5 Å². The van der Waals surface area contributed by atoms with Gasteiger partial charge in [0.2, 0.25) is 5.79 Å². The van der Waals surface area contributed by atoms with Crippen LogP contribution in [0.25, 0.3) is 0 Å². The summed E-state index contributed by atoms with van der Waals surface area (Å²) in [6.45, 7) is 0. The molecule has 0 aromatic heterocycles. The van der Waals surface area contributed by atoms with Gasteiger partial charge in [-0.15, -0.1) is 0 Å². The maximum absolute atomic E-state index is 6.00. The van der Waals surface area contributed by atoms with E-state index in [-0.39, 0.29) is 0 Å². The Morgan fingerprint density at radius 3 is 1.84 bits per heavy atom. The number of fused-ring (bicyclic) bond motifs is 2. The summed E-state index contributed by atoms with van der Waals surface area (Å²) < 4.78 is 5.89. The standard InChI is InChI=1S/C16H28O3/c1-17-16(19-18-15-11-3-2-4-12-15)13-7-5-8-14(16)10-6-9-13/h13-15H,2-12H2,1H3. The highest BCUT2D eigenvalue weighted by Gasteiger charge is 2.52. The maximum atomic E-state index is 6.00. The smallest absolute Gasteiger partial charge is 0.206 e. The maximum Gasteiger partial charge on any atom is 0.206 e. The molecule has 3 aliphatic rings. The largest absolute Gasteiger partial charge is 0.350 e. The van der Waals surface area contributed by atoms with Crippen LogP contribution in [-0.2, 0) is 14.5 Å². The van der Waals surface area contributed by atoms with Crippen LogP contribution in [0.2, 0.25) is 0 Å². The van der Waals surface area contributed by atoms with E-state index in [1.165, 1.54) is 57.8 Å². The average Bonchev–Trinajstić information content (AvgIpc) is 2.45. The van der Waals surface area contributed by atoms with Crippen molar-refractivity contribution in [3.63, 3.8) is 0 Å². The van der Waals surface area contributed by atoms with Crippen LogP contribution in [0.1, 0.15) is 70.6 Å². The topological polar surface area (TPSA) is 27.7 Å². The Labute approximate surface area is 116 Å². The molecule has 3 fully saturated rings. The summed E-state index contributed by atoms with van der Waals surface area (Å²) in [5, 5.41) is 0. The summed E-state index contributed by atoms with van der Waals surface area (Å²) in [4.78, 5) is 11.8. The zero-order valence-corrected chi connectivity index (χ0v) is 12.2. The van der Waals surface area contributed by atoms with E-state index in [0.29, 0.717) is 17.9 Å². The SMILES string of the molecule is COC1(OOC2CCCCC2)C2CCCC1CCC2. The molecule has 0 radical (unpaired) electrons. The van der Waals surface area contributed by atoms with Gasteiger partial charge in [0.25, 0.3) is 0 Å². The molecule has 3 saturated carbocycles. The van der Waals surface area contributed by atoms with Crippen molar-refractivity contribution < 1.29 is 14.5 Å². The van der Waals surface area contributed by atoms with Gasteiger partial charge in [0.15, 0.2) is 0 Å². The van der Waals surface area contributed by atoms with Gasteiger partial charge < -0.3 is 4.74 Å². The highest BCUT2D eigenvalue weighted by molar-refractivity contribution is 4.93. The van der Waals surface area contributed by atoms with Crippen LogP contribution < -0.4 is 0 Å². The minimum absolute atomic E-state index is 0.295. The highest BCUT2D eigenvalue weighted by Crippen LogP contribution is 2.50. The van der Waals surface area contributed by atoms with Crippen molar-refractivity contribution in [3.05, 3.63) is 0 Å². The number of ether oxygens (including phenoxy) is 1. The van der Waals surface area contributed by atoms with Gasteiger partial charge in [0, 0.05) is 18.9 Å². The predicted molar refractivity (Wildman–Crippen MR) is 73.5 cm³/mol. The number of hydrogen-bond donors (Lipinski definition) is 0. The van der Waals surface area contributed by atoms with Crippen molar-refractivity contribution in [3.8, 4) is 0 Å². The van der Waals surface area contributed by atoms with E-state index in [9.17, 15) is 0 Å². The molecule has 0 atom stereocenters. The summed E-state index contributed by atoms with van der Waals surface area (Å²) in [5.41, 5.74) is 0. The van der Waals surface area contributed by atoms with Crippen LogP contribution in [0, 0.1) is 11.8 Å². The molecule has 3 rings (SSSR count). The van der Waals surface area contributed by atoms with Gasteiger partial charge >= 0.3 is 0 Å². The fraction of sp³-hybridized carbons (Fsp3) is 1.00. The molecular weight excluding hydrogens is 240 g/mol. The first kappa shape index (κ1) is 13.8. The molecular formula is C16H28O3. The molecule has 2 bridgehead atoms. The van der Waals surface area contributed by atoms with E-state index >= 15 is 0 Å². The molecule has 0 spiro atoms. The Balaban J connectivity index is 1.64. The van der Waals surface area contributed by atoms with Crippen molar-refractivity contribution in [2.75, 3.05) is 7.11 Å². The molecule has 0 heterocycles. The third-order valence-electron chi connectivity index (χ3n) is 5.53. The molecule has 0 aliphatic heterocycles. The molecule has 3 heteroatoms. The first-order valence-electron chi connectivity index (χ1n) is 8.25. The van der Waals surface area contributed by atoms with Crippen molar-refractivity contribution in [2.24, 2.45) is 11.8 Å². The number of hydrogen-bond acceptors (Lipinski definition) is 3. The van der Waals surface area contributed by atoms with Gasteiger partial charge in [0.1, 0.15) is 0 Å². The minimum Gasteiger partial charge on any atom is -0.350 e. The lowest BCUT2D eigenvalue weighted by Crippen LogP contribution is -2.54. The fourth-order valence-corrected chi connectivity index (χ4v) is 4.46. The average molecular weight is 268 g/mol. The normalized spacial score (nSPS) is 40.3. The molecule has 0 amide bonds. The Morgan fingerprint density at radius 1 is 0.737 bits per heavy atom. The Hall–Kier alpha value is -0.120. The molecule has 110 valence electrons. The number of methoxy groups -OCH3 is 1. The van der Waals surface area contributed by atoms with E-state index in [1.54, 1.807) is 7.11 Å². The van der Waals surface area contributed by atoms with Crippen molar-refractivity contribution >= 4 is 0 Å². The van der Waals surface area contributed by atoms with Crippen LogP contribution in [-0.4, -0.2) is 19.0 Å². The van der Waals surface area contributed by atoms with Crippen molar-refractivity contribution in [1.82, 2.24) is 0 Å². The molecule has 3 aliphatic carbocycles. The Bertz CT molecular complexity index is 264. The Morgan fingerprint density at radius 2 is 1.32 bits per heavy atom. The summed E-state index contributed by atoms with van der Waals surface area (Å²) in [6, 6.07) is 0. The van der Waals surface area contributed by atoms with Gasteiger partial charge in [-0.3, -0.25) is 0 Å². The zero-order chi connectivity index (χ0) is 13.1. The lowest BCUT2D eigenvalue weighted by molar-refractivity contribution is -0.478. The first-order valence-corrected chi connectivity index (χ1v) is 8.25. The Kier molecular flexibility index (Phi) is 4.45. The summed E-state index contributed by atoms with van der Waals surface area (Å²) in [5.74, 6) is 0.635. The molecule has 0 saturated heterocycles. The molecule has 0 N–H and O–H groups in total. The molecule has 0 aromatic carbocycles. The third kappa shape index (κ3) is 2.70. The monoisotopic (exact) mass is 268 g/mol. The van der Waals surface area contributed by atoms with Crippen molar-refractivity contribution in [1.29, 1.82) is 0 Å². The summed E-state index contributed by atoms with van der Waals surface area (Å²) in [7, 11) is 1.81. The van der Waals surface area contributed by atoms with Gasteiger partial charge in [-0.1, -0.05) is 32.1 Å². The van der Waals surface area contributed by atoms with E-state index < -0.39 is 5.79 Å². The summed E-state index contributed by atoms with van der Waals surface area (Å²) in [6.07, 6.45) is 14.1. The summed E-state index contributed by atoms with van der Waals surface area (Å²) >= 11 is 0. The number of rotatable bonds is 4. The van der Waals surface area contributed by atoms with Crippen molar-refractivity contribution in [2.45, 2.75) is 82.5 Å². The zero-order valence-electron chi connectivity index (χ0n) is 12.2. The van der Waals surface area contributed by atoms with E-state index in [1.807, 2.05) is 0 Å². The van der Waals surface area contributed by atoms with Crippen LogP contribution in [0.3, 0.4) is 0 Å². The minimum atomic E-state index is -0.437. The van der Waals surface area contributed by atoms with Gasteiger partial charge in [-0.25, -0.2) is 9.78 Å². The van der Waals surface area contributed by atoms with E-state index in [2.05, 4.69) is 0 Å². The van der Waals surface area contributed by atoms with E-state index in [0.717, 1.165) is 12.8 Å². The van der Waals surface area contributed by atoms with Crippen LogP contribution >= 0.6 is 0 Å². The second-order valence-electron chi connectivity index (χ2n) is 6.62. The second-order valence-corrected chi connectivity index (χ2v) is 6.62. The van der Waals surface area contributed by atoms with E-state index in [4.69, 9.17) is 14.5 Å². The molecule has 0 unspecified atom stereocenters. The molecule has 19 heavy (non-hydrogen) atoms. The quantitative estimate of drug-likeness (QED) is 0.434. The van der Waals surface area contributed by atoms with Crippen LogP contribution in [0.4, 0.5) is 0 Å². The van der Waals surface area contributed by atoms with Crippen LogP contribution in [0.5, 0.6) is 0 Å². The lowest BCUT2D eigenvalue weighted by atomic mass is 9.67. The fourth-order valence-electron chi connectivity index (χ4n) is 4.46. The van der Waals surface area contributed by atoms with Gasteiger partial charge in [0.05, 0.1) is 6.10 Å². The lowest BCUT2D eigenvalue weighted by Gasteiger charge is -2.50. The first-order chi connectivity index (χ1) is 9.35. The van der Waals surface area contributed by atoms with Gasteiger partial charge in [-0.2, -0.15) is 0 Å². The second kappa shape index (κ2) is 6.11. The predicted octanol–water partition coefficient (Wildman–Crippen LogP) is 4.21. The molecule has 3 nitrogen and oxygen atoms in total. The third-order valence-corrected chi connectivity index (χ3v) is 5.53.